The first-order chi connectivity index (χ1) is 9.01. The lowest BCUT2D eigenvalue weighted by atomic mass is 10.1. The van der Waals surface area contributed by atoms with E-state index in [2.05, 4.69) is 48.1 Å². The molecular weight excluding hydrogens is 240 g/mol. The maximum absolute atomic E-state index is 5.22. The summed E-state index contributed by atoms with van der Waals surface area (Å²) in [5.74, 6) is 2.85. The van der Waals surface area contributed by atoms with E-state index in [1.165, 1.54) is 0 Å². The molecular formula is C14H26N4O. The predicted octanol–water partition coefficient (Wildman–Crippen LogP) is 2.05. The monoisotopic (exact) mass is 266 g/mol. The zero-order valence-electron chi connectivity index (χ0n) is 12.7. The van der Waals surface area contributed by atoms with Gasteiger partial charge >= 0.3 is 0 Å². The molecule has 1 rings (SSSR count). The van der Waals surface area contributed by atoms with Crippen LogP contribution >= 0.6 is 0 Å². The highest BCUT2D eigenvalue weighted by Gasteiger charge is 2.06. The van der Waals surface area contributed by atoms with Crippen LogP contribution in [0.4, 0.5) is 5.82 Å². The predicted molar refractivity (Wildman–Crippen MR) is 78.8 cm³/mol. The molecule has 0 saturated heterocycles. The van der Waals surface area contributed by atoms with Crippen LogP contribution in [0.25, 0.3) is 0 Å². The highest BCUT2D eigenvalue weighted by Crippen LogP contribution is 2.15. The van der Waals surface area contributed by atoms with Gasteiger partial charge in [0.1, 0.15) is 11.6 Å². The fourth-order valence-corrected chi connectivity index (χ4v) is 1.74. The lowest BCUT2D eigenvalue weighted by Crippen LogP contribution is -2.17. The molecule has 0 saturated carbocycles. The fourth-order valence-electron chi connectivity index (χ4n) is 1.74. The van der Waals surface area contributed by atoms with E-state index in [1.54, 1.807) is 7.11 Å². The molecule has 5 heteroatoms. The van der Waals surface area contributed by atoms with Gasteiger partial charge in [-0.1, -0.05) is 13.8 Å². The summed E-state index contributed by atoms with van der Waals surface area (Å²) in [7, 11) is 5.79. The number of aromatic nitrogens is 2. The second kappa shape index (κ2) is 7.94. The summed E-state index contributed by atoms with van der Waals surface area (Å²) >= 11 is 0. The van der Waals surface area contributed by atoms with E-state index in [4.69, 9.17) is 4.74 Å². The van der Waals surface area contributed by atoms with Crippen molar-refractivity contribution in [2.24, 2.45) is 5.92 Å². The quantitative estimate of drug-likeness (QED) is 0.730. The number of nitrogens with one attached hydrogen (secondary N) is 1. The highest BCUT2D eigenvalue weighted by atomic mass is 16.5. The van der Waals surface area contributed by atoms with Crippen LogP contribution in [-0.4, -0.2) is 49.2 Å². The zero-order chi connectivity index (χ0) is 14.3. The van der Waals surface area contributed by atoms with Gasteiger partial charge in [-0.25, -0.2) is 4.98 Å². The van der Waals surface area contributed by atoms with Gasteiger partial charge in [0.2, 0.25) is 5.88 Å². The Morgan fingerprint density at radius 1 is 1.32 bits per heavy atom. The van der Waals surface area contributed by atoms with Crippen molar-refractivity contribution in [1.82, 2.24) is 14.9 Å². The highest BCUT2D eigenvalue weighted by molar-refractivity contribution is 5.38. The SMILES string of the molecule is COc1cc(NCCCN(C)C)nc(CC(C)C)n1. The molecule has 1 N–H and O–H groups in total. The van der Waals surface area contributed by atoms with E-state index in [0.29, 0.717) is 11.8 Å². The Morgan fingerprint density at radius 2 is 2.05 bits per heavy atom. The minimum absolute atomic E-state index is 0.536. The zero-order valence-corrected chi connectivity index (χ0v) is 12.7. The Balaban J connectivity index is 2.60. The molecule has 0 aromatic carbocycles. The topological polar surface area (TPSA) is 50.3 Å². The van der Waals surface area contributed by atoms with E-state index in [0.717, 1.165) is 37.6 Å². The molecule has 0 amide bonds. The average Bonchev–Trinajstić information content (AvgIpc) is 2.33. The Bertz CT molecular complexity index is 380. The van der Waals surface area contributed by atoms with Crippen molar-refractivity contribution < 1.29 is 4.74 Å². The normalized spacial score (nSPS) is 11.1. The van der Waals surface area contributed by atoms with Gasteiger partial charge in [0.15, 0.2) is 0 Å². The summed E-state index contributed by atoms with van der Waals surface area (Å²) in [6.07, 6.45) is 1.95. The van der Waals surface area contributed by atoms with E-state index in [9.17, 15) is 0 Å². The second-order valence-electron chi connectivity index (χ2n) is 5.39. The van der Waals surface area contributed by atoms with Crippen LogP contribution in [0.1, 0.15) is 26.1 Å². The summed E-state index contributed by atoms with van der Waals surface area (Å²) in [6.45, 7) is 6.29. The molecule has 0 aliphatic carbocycles. The van der Waals surface area contributed by atoms with Crippen LogP contribution in [0.2, 0.25) is 0 Å². The van der Waals surface area contributed by atoms with Gasteiger partial charge in [-0.05, 0) is 33.0 Å². The van der Waals surface area contributed by atoms with E-state index in [1.807, 2.05) is 6.07 Å². The molecule has 108 valence electrons. The molecule has 1 heterocycles. The Hall–Kier alpha value is -1.36. The minimum Gasteiger partial charge on any atom is -0.481 e. The van der Waals surface area contributed by atoms with Gasteiger partial charge in [-0.2, -0.15) is 4.98 Å². The van der Waals surface area contributed by atoms with Gasteiger partial charge in [-0.15, -0.1) is 0 Å². The molecule has 19 heavy (non-hydrogen) atoms. The van der Waals surface area contributed by atoms with Gasteiger partial charge in [0, 0.05) is 19.0 Å². The number of ether oxygens (including phenoxy) is 1. The van der Waals surface area contributed by atoms with Crippen LogP contribution in [0.3, 0.4) is 0 Å². The Morgan fingerprint density at radius 3 is 2.63 bits per heavy atom. The van der Waals surface area contributed by atoms with Crippen molar-refractivity contribution in [1.29, 1.82) is 0 Å². The van der Waals surface area contributed by atoms with Crippen LogP contribution in [-0.2, 0) is 6.42 Å². The number of rotatable bonds is 8. The first-order valence-electron chi connectivity index (χ1n) is 6.81. The maximum atomic E-state index is 5.22. The second-order valence-corrected chi connectivity index (χ2v) is 5.39. The number of anilines is 1. The Labute approximate surface area is 116 Å². The van der Waals surface area contributed by atoms with Crippen LogP contribution < -0.4 is 10.1 Å². The van der Waals surface area contributed by atoms with Crippen molar-refractivity contribution in [3.8, 4) is 5.88 Å². The molecule has 0 aliphatic heterocycles. The van der Waals surface area contributed by atoms with Gasteiger partial charge < -0.3 is 15.0 Å². The molecule has 0 unspecified atom stereocenters. The van der Waals surface area contributed by atoms with Crippen molar-refractivity contribution in [2.45, 2.75) is 26.7 Å². The molecule has 0 aliphatic rings. The third-order valence-electron chi connectivity index (χ3n) is 2.64. The largest absolute Gasteiger partial charge is 0.481 e. The summed E-state index contributed by atoms with van der Waals surface area (Å²) in [4.78, 5) is 11.1. The summed E-state index contributed by atoms with van der Waals surface area (Å²) < 4.78 is 5.22. The lowest BCUT2D eigenvalue weighted by molar-refractivity contribution is 0.393. The average molecular weight is 266 g/mol. The fraction of sp³-hybridized carbons (Fsp3) is 0.714. The third-order valence-corrected chi connectivity index (χ3v) is 2.64. The summed E-state index contributed by atoms with van der Waals surface area (Å²) in [5, 5.41) is 3.33. The van der Waals surface area contributed by atoms with Crippen molar-refractivity contribution in [2.75, 3.05) is 39.6 Å². The van der Waals surface area contributed by atoms with E-state index < -0.39 is 0 Å². The summed E-state index contributed by atoms with van der Waals surface area (Å²) in [6, 6.07) is 1.85. The number of nitrogens with zero attached hydrogens (tertiary/aromatic N) is 3. The van der Waals surface area contributed by atoms with Crippen LogP contribution in [0.15, 0.2) is 6.07 Å². The first kappa shape index (κ1) is 15.7. The first-order valence-corrected chi connectivity index (χ1v) is 6.81. The lowest BCUT2D eigenvalue weighted by Gasteiger charge is -2.12. The van der Waals surface area contributed by atoms with Gasteiger partial charge in [0.05, 0.1) is 7.11 Å². The van der Waals surface area contributed by atoms with Crippen molar-refractivity contribution >= 4 is 5.82 Å². The Kier molecular flexibility index (Phi) is 6.56. The van der Waals surface area contributed by atoms with Crippen molar-refractivity contribution in [3.63, 3.8) is 0 Å². The third kappa shape index (κ3) is 6.38. The number of hydrogen-bond donors (Lipinski definition) is 1. The minimum atomic E-state index is 0.536. The molecule has 5 nitrogen and oxygen atoms in total. The van der Waals surface area contributed by atoms with Crippen LogP contribution in [0, 0.1) is 5.92 Å². The summed E-state index contributed by atoms with van der Waals surface area (Å²) in [5.41, 5.74) is 0. The molecule has 0 atom stereocenters. The van der Waals surface area contributed by atoms with Crippen molar-refractivity contribution in [3.05, 3.63) is 11.9 Å². The smallest absolute Gasteiger partial charge is 0.218 e. The van der Waals surface area contributed by atoms with E-state index in [-0.39, 0.29) is 0 Å². The van der Waals surface area contributed by atoms with Crippen LogP contribution in [0.5, 0.6) is 5.88 Å². The molecule has 0 fully saturated rings. The molecule has 1 aromatic heterocycles. The molecule has 0 spiro atoms. The standard InChI is InChI=1S/C14H26N4O/c1-11(2)9-13-16-12(10-14(17-13)19-5)15-7-6-8-18(3)4/h10-11H,6-9H2,1-5H3,(H,15,16,17). The molecule has 1 aromatic rings. The van der Waals surface area contributed by atoms with Gasteiger partial charge in [-0.3, -0.25) is 0 Å². The maximum Gasteiger partial charge on any atom is 0.218 e. The van der Waals surface area contributed by atoms with E-state index >= 15 is 0 Å². The van der Waals surface area contributed by atoms with Gasteiger partial charge in [0.25, 0.3) is 0 Å². The molecule has 0 radical (unpaired) electrons. The number of hydrogen-bond acceptors (Lipinski definition) is 5. The molecule has 0 bridgehead atoms. The number of methoxy groups -OCH3 is 1.